The van der Waals surface area contributed by atoms with E-state index in [0.717, 1.165) is 11.5 Å². The smallest absolute Gasteiger partial charge is 0.262 e. The Morgan fingerprint density at radius 2 is 2.18 bits per heavy atom. The molecular weight excluding hydrogens is 264 g/mol. The highest BCUT2D eigenvalue weighted by Gasteiger charge is 2.16. The van der Waals surface area contributed by atoms with Gasteiger partial charge >= 0.3 is 0 Å². The van der Waals surface area contributed by atoms with E-state index < -0.39 is 10.0 Å². The number of sulfonamides is 1. The molecule has 2 aromatic rings. The SMILES string of the molecule is Nc1cc(S(=O)(=O)Nc2cnns2)ccc1O. The number of phenolic OH excluding ortho intramolecular Hbond substituents is 1. The molecular formula is C8H8N4O3S2. The van der Waals surface area contributed by atoms with Crippen molar-refractivity contribution in [3.63, 3.8) is 0 Å². The topological polar surface area (TPSA) is 118 Å². The molecule has 0 saturated carbocycles. The fraction of sp³-hybridized carbons (Fsp3) is 0. The third-order valence-electron chi connectivity index (χ3n) is 1.91. The molecule has 0 aliphatic heterocycles. The first-order valence-electron chi connectivity index (χ1n) is 4.38. The van der Waals surface area contributed by atoms with Crippen LogP contribution in [-0.4, -0.2) is 23.1 Å². The lowest BCUT2D eigenvalue weighted by Gasteiger charge is -2.06. The minimum atomic E-state index is -3.73. The van der Waals surface area contributed by atoms with E-state index in [4.69, 9.17) is 5.73 Å². The van der Waals surface area contributed by atoms with E-state index in [1.807, 2.05) is 0 Å². The summed E-state index contributed by atoms with van der Waals surface area (Å²) in [5.41, 5.74) is 5.42. The van der Waals surface area contributed by atoms with Crippen LogP contribution in [0.25, 0.3) is 0 Å². The Hall–Kier alpha value is -1.87. The number of nitrogens with zero attached hydrogens (tertiary/aromatic N) is 2. The summed E-state index contributed by atoms with van der Waals surface area (Å²) in [7, 11) is -3.73. The number of aromatic nitrogens is 2. The van der Waals surface area contributed by atoms with Crippen molar-refractivity contribution in [1.82, 2.24) is 9.59 Å². The molecule has 0 aliphatic carbocycles. The summed E-state index contributed by atoms with van der Waals surface area (Å²) in [5.74, 6) is -0.164. The lowest BCUT2D eigenvalue weighted by Crippen LogP contribution is -2.12. The van der Waals surface area contributed by atoms with E-state index in [-0.39, 0.29) is 16.3 Å². The van der Waals surface area contributed by atoms with E-state index in [1.165, 1.54) is 24.4 Å². The van der Waals surface area contributed by atoms with Crippen LogP contribution in [0.4, 0.5) is 10.7 Å². The third kappa shape index (κ3) is 2.45. The first kappa shape index (κ1) is 11.6. The van der Waals surface area contributed by atoms with E-state index in [2.05, 4.69) is 14.3 Å². The highest BCUT2D eigenvalue weighted by Crippen LogP contribution is 2.25. The maximum absolute atomic E-state index is 11.9. The molecule has 0 fully saturated rings. The largest absolute Gasteiger partial charge is 0.506 e. The molecule has 1 aromatic heterocycles. The molecule has 0 atom stereocenters. The fourth-order valence-electron chi connectivity index (χ4n) is 1.10. The Kier molecular flexibility index (Phi) is 2.86. The van der Waals surface area contributed by atoms with Gasteiger partial charge in [-0.05, 0) is 18.2 Å². The number of anilines is 2. The standard InChI is InChI=1S/C8H8N4O3S2/c9-6-3-5(1-2-7(6)13)17(14,15)11-8-4-10-12-16-8/h1-4,11,13H,9H2. The van der Waals surface area contributed by atoms with Crippen LogP contribution in [0.15, 0.2) is 29.3 Å². The molecule has 7 nitrogen and oxygen atoms in total. The number of benzene rings is 1. The lowest BCUT2D eigenvalue weighted by atomic mass is 10.3. The summed E-state index contributed by atoms with van der Waals surface area (Å²) < 4.78 is 29.6. The van der Waals surface area contributed by atoms with Gasteiger partial charge in [-0.3, -0.25) is 4.72 Å². The number of hydrogen-bond donors (Lipinski definition) is 3. The van der Waals surface area contributed by atoms with Crippen molar-refractivity contribution >= 4 is 32.2 Å². The predicted octanol–water partition coefficient (Wildman–Crippen LogP) is 0.627. The molecule has 4 N–H and O–H groups in total. The zero-order chi connectivity index (χ0) is 12.5. The first-order chi connectivity index (χ1) is 7.99. The number of nitrogen functional groups attached to an aromatic ring is 1. The zero-order valence-corrected chi connectivity index (χ0v) is 9.99. The van der Waals surface area contributed by atoms with Gasteiger partial charge in [-0.15, -0.1) is 5.10 Å². The molecule has 0 bridgehead atoms. The second-order valence-electron chi connectivity index (χ2n) is 3.11. The molecule has 9 heteroatoms. The normalized spacial score (nSPS) is 11.3. The van der Waals surface area contributed by atoms with Crippen molar-refractivity contribution in [2.75, 3.05) is 10.5 Å². The van der Waals surface area contributed by atoms with Gasteiger partial charge in [-0.25, -0.2) is 8.42 Å². The van der Waals surface area contributed by atoms with Crippen molar-refractivity contribution in [2.24, 2.45) is 0 Å². The van der Waals surface area contributed by atoms with Crippen LogP contribution in [0.5, 0.6) is 5.75 Å². The van der Waals surface area contributed by atoms with Gasteiger partial charge in [-0.1, -0.05) is 4.49 Å². The van der Waals surface area contributed by atoms with E-state index in [1.54, 1.807) is 0 Å². The molecule has 1 heterocycles. The van der Waals surface area contributed by atoms with Crippen LogP contribution >= 0.6 is 11.5 Å². The van der Waals surface area contributed by atoms with Crippen LogP contribution in [0.3, 0.4) is 0 Å². The Morgan fingerprint density at radius 3 is 2.76 bits per heavy atom. The van der Waals surface area contributed by atoms with Gasteiger partial charge in [0.25, 0.3) is 10.0 Å². The molecule has 90 valence electrons. The molecule has 2 rings (SSSR count). The number of nitrogens with two attached hydrogens (primary N) is 1. The van der Waals surface area contributed by atoms with Crippen molar-refractivity contribution in [2.45, 2.75) is 4.90 Å². The van der Waals surface area contributed by atoms with Gasteiger partial charge < -0.3 is 10.8 Å². The Morgan fingerprint density at radius 1 is 1.41 bits per heavy atom. The summed E-state index contributed by atoms with van der Waals surface area (Å²) in [6.45, 7) is 0. The molecule has 1 aromatic carbocycles. The maximum atomic E-state index is 11.9. The summed E-state index contributed by atoms with van der Waals surface area (Å²) >= 11 is 0.920. The molecule has 0 amide bonds. The van der Waals surface area contributed by atoms with Crippen LogP contribution in [0.1, 0.15) is 0 Å². The van der Waals surface area contributed by atoms with E-state index in [0.29, 0.717) is 5.00 Å². The Balaban J connectivity index is 2.35. The van der Waals surface area contributed by atoms with Crippen molar-refractivity contribution < 1.29 is 13.5 Å². The second kappa shape index (κ2) is 4.18. The summed E-state index contributed by atoms with van der Waals surface area (Å²) in [5, 5.41) is 13.0. The Labute approximate surface area is 101 Å². The summed E-state index contributed by atoms with van der Waals surface area (Å²) in [6, 6.07) is 3.64. The van der Waals surface area contributed by atoms with Crippen LogP contribution < -0.4 is 10.5 Å². The van der Waals surface area contributed by atoms with Gasteiger partial charge in [0.1, 0.15) is 10.8 Å². The molecule has 0 radical (unpaired) electrons. The van der Waals surface area contributed by atoms with Gasteiger partial charge in [0, 0.05) is 11.5 Å². The van der Waals surface area contributed by atoms with Crippen LogP contribution in [0, 0.1) is 0 Å². The minimum Gasteiger partial charge on any atom is -0.506 e. The number of hydrogen-bond acceptors (Lipinski definition) is 7. The van der Waals surface area contributed by atoms with Gasteiger partial charge in [0.2, 0.25) is 0 Å². The highest BCUT2D eigenvalue weighted by molar-refractivity contribution is 7.93. The minimum absolute atomic E-state index is 0.00435. The molecule has 0 aliphatic rings. The zero-order valence-electron chi connectivity index (χ0n) is 8.36. The van der Waals surface area contributed by atoms with Crippen molar-refractivity contribution in [1.29, 1.82) is 0 Å². The summed E-state index contributed by atoms with van der Waals surface area (Å²) in [4.78, 5) is -0.0406. The molecule has 0 unspecified atom stereocenters. The lowest BCUT2D eigenvalue weighted by molar-refractivity contribution is 0.477. The van der Waals surface area contributed by atoms with Gasteiger partial charge in [0.15, 0.2) is 0 Å². The third-order valence-corrected chi connectivity index (χ3v) is 3.98. The average Bonchev–Trinajstić information content (AvgIpc) is 2.73. The fourth-order valence-corrected chi connectivity index (χ4v) is 2.82. The van der Waals surface area contributed by atoms with Gasteiger partial charge in [-0.2, -0.15) is 0 Å². The van der Waals surface area contributed by atoms with Crippen molar-refractivity contribution in [3.8, 4) is 5.75 Å². The van der Waals surface area contributed by atoms with Crippen LogP contribution in [0.2, 0.25) is 0 Å². The average molecular weight is 272 g/mol. The first-order valence-corrected chi connectivity index (χ1v) is 6.63. The van der Waals surface area contributed by atoms with Crippen molar-refractivity contribution in [3.05, 3.63) is 24.4 Å². The predicted molar refractivity (Wildman–Crippen MR) is 63.2 cm³/mol. The van der Waals surface area contributed by atoms with E-state index in [9.17, 15) is 13.5 Å². The maximum Gasteiger partial charge on any atom is 0.262 e. The summed E-state index contributed by atoms with van der Waals surface area (Å²) in [6.07, 6.45) is 1.30. The monoisotopic (exact) mass is 272 g/mol. The van der Waals surface area contributed by atoms with Gasteiger partial charge in [0.05, 0.1) is 16.8 Å². The molecule has 0 saturated heterocycles. The van der Waals surface area contributed by atoms with Crippen LogP contribution in [-0.2, 0) is 10.0 Å². The number of aromatic hydroxyl groups is 1. The highest BCUT2D eigenvalue weighted by atomic mass is 32.2. The number of rotatable bonds is 3. The Bertz CT molecular complexity index is 624. The second-order valence-corrected chi connectivity index (χ2v) is 5.58. The molecule has 17 heavy (non-hydrogen) atoms. The molecule has 0 spiro atoms. The number of phenols is 1. The quantitative estimate of drug-likeness (QED) is 0.557. The number of nitrogens with one attached hydrogen (secondary N) is 1. The van der Waals surface area contributed by atoms with E-state index >= 15 is 0 Å².